The normalized spacial score (nSPS) is 12.7. The molecule has 17 heavy (non-hydrogen) atoms. The summed E-state index contributed by atoms with van der Waals surface area (Å²) in [4.78, 5) is 0. The van der Waals surface area contributed by atoms with Gasteiger partial charge in [0.25, 0.3) is 0 Å². The maximum atomic E-state index is 12.8. The van der Waals surface area contributed by atoms with Crippen molar-refractivity contribution >= 4 is 11.6 Å². The van der Waals surface area contributed by atoms with Crippen LogP contribution in [0, 0.1) is 5.82 Å². The number of halogens is 2. The lowest BCUT2D eigenvalue weighted by Crippen LogP contribution is -2.10. The molecule has 0 spiro atoms. The Hall–Kier alpha value is -0.600. The summed E-state index contributed by atoms with van der Waals surface area (Å²) in [5.41, 5.74) is 0.816. The highest BCUT2D eigenvalue weighted by Crippen LogP contribution is 2.20. The summed E-state index contributed by atoms with van der Waals surface area (Å²) in [5.74, 6) is -0.337. The average molecular weight is 259 g/mol. The Kier molecular flexibility index (Phi) is 6.53. The van der Waals surface area contributed by atoms with Crippen molar-refractivity contribution in [2.75, 3.05) is 0 Å². The van der Waals surface area contributed by atoms with Gasteiger partial charge in [0, 0.05) is 5.02 Å². The number of aliphatic hydroxyl groups excluding tert-OH is 1. The fourth-order valence-corrected chi connectivity index (χ4v) is 2.09. The summed E-state index contributed by atoms with van der Waals surface area (Å²) in [6, 6.07) is 4.32. The smallest absolute Gasteiger partial charge is 0.124 e. The van der Waals surface area contributed by atoms with Gasteiger partial charge >= 0.3 is 0 Å². The Labute approximate surface area is 108 Å². The molecule has 0 saturated heterocycles. The van der Waals surface area contributed by atoms with E-state index in [1.807, 2.05) is 0 Å². The highest BCUT2D eigenvalue weighted by Gasteiger charge is 2.09. The number of aliphatic hydroxyl groups is 1. The number of hydrogen-bond donors (Lipinski definition) is 1. The van der Waals surface area contributed by atoms with Gasteiger partial charge < -0.3 is 5.11 Å². The van der Waals surface area contributed by atoms with E-state index in [-0.39, 0.29) is 11.9 Å². The molecule has 1 atom stereocenters. The number of hydrogen-bond acceptors (Lipinski definition) is 1. The van der Waals surface area contributed by atoms with Gasteiger partial charge in [-0.3, -0.25) is 0 Å². The third-order valence-electron chi connectivity index (χ3n) is 2.86. The maximum Gasteiger partial charge on any atom is 0.124 e. The molecule has 0 fully saturated rings. The first-order chi connectivity index (χ1) is 8.13. The van der Waals surface area contributed by atoms with Gasteiger partial charge in [0.05, 0.1) is 6.10 Å². The zero-order chi connectivity index (χ0) is 12.7. The summed E-state index contributed by atoms with van der Waals surface area (Å²) in [6.07, 6.45) is 5.51. The second kappa shape index (κ2) is 7.67. The second-order valence-corrected chi connectivity index (χ2v) is 4.85. The number of benzene rings is 1. The average Bonchev–Trinajstić information content (AvgIpc) is 2.28. The van der Waals surface area contributed by atoms with E-state index in [0.717, 1.165) is 24.8 Å². The molecule has 1 unspecified atom stereocenters. The molecule has 0 radical (unpaired) electrons. The molecule has 0 aliphatic heterocycles. The molecule has 1 aromatic carbocycles. The van der Waals surface area contributed by atoms with E-state index in [1.165, 1.54) is 25.0 Å². The maximum absolute atomic E-state index is 12.8. The largest absolute Gasteiger partial charge is 0.393 e. The lowest BCUT2D eigenvalue weighted by Gasteiger charge is -2.11. The molecule has 1 N–H and O–H groups in total. The quantitative estimate of drug-likeness (QED) is 0.721. The minimum absolute atomic E-state index is 0.337. The van der Waals surface area contributed by atoms with Gasteiger partial charge in [-0.2, -0.15) is 0 Å². The van der Waals surface area contributed by atoms with E-state index in [1.54, 1.807) is 6.07 Å². The summed E-state index contributed by atoms with van der Waals surface area (Å²) < 4.78 is 12.8. The summed E-state index contributed by atoms with van der Waals surface area (Å²) in [7, 11) is 0. The topological polar surface area (TPSA) is 20.2 Å². The Bertz CT molecular complexity index is 341. The van der Waals surface area contributed by atoms with Crippen molar-refractivity contribution in [2.24, 2.45) is 0 Å². The first kappa shape index (κ1) is 14.5. The molecular formula is C14H20ClFO. The van der Waals surface area contributed by atoms with Crippen LogP contribution in [0.4, 0.5) is 4.39 Å². The van der Waals surface area contributed by atoms with E-state index in [9.17, 15) is 9.50 Å². The van der Waals surface area contributed by atoms with Gasteiger partial charge in [0.1, 0.15) is 5.82 Å². The summed E-state index contributed by atoms with van der Waals surface area (Å²) >= 11 is 5.91. The lowest BCUT2D eigenvalue weighted by atomic mass is 10.0. The van der Waals surface area contributed by atoms with Gasteiger partial charge in [-0.1, -0.05) is 50.3 Å². The minimum Gasteiger partial charge on any atom is -0.393 e. The zero-order valence-electron chi connectivity index (χ0n) is 10.3. The predicted octanol–water partition coefficient (Wildman–Crippen LogP) is 4.35. The fraction of sp³-hybridized carbons (Fsp3) is 0.571. The highest BCUT2D eigenvalue weighted by molar-refractivity contribution is 6.31. The van der Waals surface area contributed by atoms with E-state index in [2.05, 4.69) is 6.92 Å². The minimum atomic E-state index is -0.380. The molecule has 0 amide bonds. The monoisotopic (exact) mass is 258 g/mol. The Morgan fingerprint density at radius 1 is 1.29 bits per heavy atom. The molecule has 0 bridgehead atoms. The Morgan fingerprint density at radius 3 is 2.71 bits per heavy atom. The van der Waals surface area contributed by atoms with Gasteiger partial charge in [-0.15, -0.1) is 0 Å². The van der Waals surface area contributed by atoms with Crippen LogP contribution in [-0.2, 0) is 6.42 Å². The molecule has 1 aromatic rings. The van der Waals surface area contributed by atoms with Crippen LogP contribution in [-0.4, -0.2) is 11.2 Å². The van der Waals surface area contributed by atoms with Crippen molar-refractivity contribution in [2.45, 2.75) is 51.6 Å². The van der Waals surface area contributed by atoms with Crippen LogP contribution in [0.15, 0.2) is 18.2 Å². The summed E-state index contributed by atoms with van der Waals surface area (Å²) in [6.45, 7) is 2.16. The van der Waals surface area contributed by atoms with E-state index in [0.29, 0.717) is 11.4 Å². The summed E-state index contributed by atoms with van der Waals surface area (Å²) in [5, 5.41) is 10.2. The van der Waals surface area contributed by atoms with Crippen molar-refractivity contribution in [3.05, 3.63) is 34.6 Å². The van der Waals surface area contributed by atoms with Gasteiger partial charge in [0.2, 0.25) is 0 Å². The van der Waals surface area contributed by atoms with Crippen LogP contribution in [0.3, 0.4) is 0 Å². The number of rotatable bonds is 7. The van der Waals surface area contributed by atoms with Crippen molar-refractivity contribution in [1.29, 1.82) is 0 Å². The molecule has 0 heterocycles. The van der Waals surface area contributed by atoms with Gasteiger partial charge in [0.15, 0.2) is 0 Å². The molecule has 3 heteroatoms. The van der Waals surface area contributed by atoms with Gasteiger partial charge in [-0.25, -0.2) is 4.39 Å². The first-order valence-electron chi connectivity index (χ1n) is 6.25. The zero-order valence-corrected chi connectivity index (χ0v) is 11.0. The Balaban J connectivity index is 2.37. The SMILES string of the molecule is CCCCCCC(O)Cc1ccc(F)cc1Cl. The standard InChI is InChI=1S/C14H20ClFO/c1-2-3-4-5-6-13(17)9-11-7-8-12(16)10-14(11)15/h7-8,10,13,17H,2-6,9H2,1H3. The third-order valence-corrected chi connectivity index (χ3v) is 3.21. The first-order valence-corrected chi connectivity index (χ1v) is 6.63. The highest BCUT2D eigenvalue weighted by atomic mass is 35.5. The molecular weight excluding hydrogens is 239 g/mol. The third kappa shape index (κ3) is 5.51. The molecule has 0 saturated carbocycles. The molecule has 1 nitrogen and oxygen atoms in total. The van der Waals surface area contributed by atoms with Crippen LogP contribution in [0.5, 0.6) is 0 Å². The van der Waals surface area contributed by atoms with Crippen LogP contribution >= 0.6 is 11.6 Å². The second-order valence-electron chi connectivity index (χ2n) is 4.44. The fourth-order valence-electron chi connectivity index (χ4n) is 1.85. The van der Waals surface area contributed by atoms with Crippen molar-refractivity contribution in [3.8, 4) is 0 Å². The Morgan fingerprint density at radius 2 is 2.06 bits per heavy atom. The van der Waals surface area contributed by atoms with Crippen LogP contribution in [0.1, 0.15) is 44.6 Å². The van der Waals surface area contributed by atoms with Crippen LogP contribution in [0.2, 0.25) is 5.02 Å². The van der Waals surface area contributed by atoms with E-state index >= 15 is 0 Å². The predicted molar refractivity (Wildman–Crippen MR) is 69.9 cm³/mol. The van der Waals surface area contributed by atoms with E-state index in [4.69, 9.17) is 11.6 Å². The van der Waals surface area contributed by atoms with Crippen molar-refractivity contribution in [1.82, 2.24) is 0 Å². The van der Waals surface area contributed by atoms with Crippen LogP contribution < -0.4 is 0 Å². The number of unbranched alkanes of at least 4 members (excludes halogenated alkanes) is 3. The molecule has 0 aliphatic rings. The van der Waals surface area contributed by atoms with Crippen molar-refractivity contribution < 1.29 is 9.50 Å². The van der Waals surface area contributed by atoms with Gasteiger partial charge in [-0.05, 0) is 30.5 Å². The molecule has 1 rings (SSSR count). The van der Waals surface area contributed by atoms with Crippen LogP contribution in [0.25, 0.3) is 0 Å². The van der Waals surface area contributed by atoms with Crippen molar-refractivity contribution in [3.63, 3.8) is 0 Å². The lowest BCUT2D eigenvalue weighted by molar-refractivity contribution is 0.161. The van der Waals surface area contributed by atoms with E-state index < -0.39 is 0 Å². The molecule has 0 aliphatic carbocycles. The molecule has 0 aromatic heterocycles. The molecule has 96 valence electrons.